The molecule has 0 N–H and O–H groups in total. The minimum Gasteiger partial charge on any atom is -0.375 e. The van der Waals surface area contributed by atoms with E-state index >= 15 is 0 Å². The van der Waals surface area contributed by atoms with Crippen molar-refractivity contribution in [2.24, 2.45) is 0 Å². The zero-order valence-corrected chi connectivity index (χ0v) is 14.8. The molecule has 2 aromatic carbocycles. The van der Waals surface area contributed by atoms with E-state index in [0.29, 0.717) is 23.9 Å². The number of fused-ring (bicyclic) bond motifs is 2. The standard InChI is InChI=1S/C17H15F3N2O4S/c18-17(19,20)27(23,24)26-16-12-6-2-1-5-11(12)9-14-13(16)10-21-22(14)15-7-3-4-8-25-15/h1-2,5-6,9-10,15H,3-4,7-8H2. The average Bonchev–Trinajstić information content (AvgIpc) is 3.05. The van der Waals surface area contributed by atoms with E-state index < -0.39 is 15.6 Å². The van der Waals surface area contributed by atoms with Crippen LogP contribution in [0.1, 0.15) is 25.5 Å². The monoisotopic (exact) mass is 400 g/mol. The molecule has 1 saturated heterocycles. The first-order valence-electron chi connectivity index (χ1n) is 8.29. The predicted molar refractivity (Wildman–Crippen MR) is 91.7 cm³/mol. The van der Waals surface area contributed by atoms with Crippen molar-refractivity contribution in [1.29, 1.82) is 0 Å². The highest BCUT2D eigenvalue weighted by Crippen LogP contribution is 2.39. The van der Waals surface area contributed by atoms with E-state index in [9.17, 15) is 21.6 Å². The zero-order valence-electron chi connectivity index (χ0n) is 13.9. The molecule has 4 rings (SSSR count). The first-order valence-corrected chi connectivity index (χ1v) is 9.70. The molecule has 144 valence electrons. The van der Waals surface area contributed by atoms with Gasteiger partial charge in [0, 0.05) is 12.0 Å². The Kier molecular flexibility index (Phi) is 4.26. The SMILES string of the molecule is O=S(=O)(Oc1c2ccccc2cc2c1cnn2C1CCCCO1)C(F)(F)F. The predicted octanol–water partition coefficient (Wildman–Crippen LogP) is 4.12. The smallest absolute Gasteiger partial charge is 0.375 e. The summed E-state index contributed by atoms with van der Waals surface area (Å²) in [4.78, 5) is 0. The lowest BCUT2D eigenvalue weighted by Gasteiger charge is -2.23. The van der Waals surface area contributed by atoms with Gasteiger partial charge in [0.25, 0.3) is 0 Å². The maximum atomic E-state index is 12.9. The highest BCUT2D eigenvalue weighted by Gasteiger charge is 2.49. The van der Waals surface area contributed by atoms with Crippen LogP contribution in [0.2, 0.25) is 0 Å². The van der Waals surface area contributed by atoms with Gasteiger partial charge < -0.3 is 8.92 Å². The number of hydrogen-bond donors (Lipinski definition) is 0. The summed E-state index contributed by atoms with van der Waals surface area (Å²) < 4.78 is 73.6. The van der Waals surface area contributed by atoms with Crippen molar-refractivity contribution in [3.05, 3.63) is 36.5 Å². The fraction of sp³-hybridized carbons (Fsp3) is 0.353. The maximum Gasteiger partial charge on any atom is 0.534 e. The fourth-order valence-electron chi connectivity index (χ4n) is 3.21. The summed E-state index contributed by atoms with van der Waals surface area (Å²) in [6.45, 7) is 0.561. The molecule has 10 heteroatoms. The van der Waals surface area contributed by atoms with Crippen LogP contribution >= 0.6 is 0 Å². The van der Waals surface area contributed by atoms with Gasteiger partial charge in [-0.15, -0.1) is 0 Å². The molecular weight excluding hydrogens is 385 g/mol. The van der Waals surface area contributed by atoms with E-state index in [1.54, 1.807) is 28.9 Å². The zero-order chi connectivity index (χ0) is 19.2. The molecule has 6 nitrogen and oxygen atoms in total. The maximum absolute atomic E-state index is 12.9. The molecule has 0 radical (unpaired) electrons. The Morgan fingerprint density at radius 3 is 2.67 bits per heavy atom. The van der Waals surface area contributed by atoms with E-state index in [-0.39, 0.29) is 22.7 Å². The number of aromatic nitrogens is 2. The van der Waals surface area contributed by atoms with Crippen molar-refractivity contribution in [3.63, 3.8) is 0 Å². The van der Waals surface area contributed by atoms with Crippen molar-refractivity contribution in [1.82, 2.24) is 9.78 Å². The summed E-state index contributed by atoms with van der Waals surface area (Å²) in [5, 5.41) is 5.20. The van der Waals surface area contributed by atoms with E-state index in [2.05, 4.69) is 9.28 Å². The molecular formula is C17H15F3N2O4S. The van der Waals surface area contributed by atoms with Gasteiger partial charge in [-0.1, -0.05) is 24.3 Å². The van der Waals surface area contributed by atoms with Crippen molar-refractivity contribution in [2.45, 2.75) is 31.0 Å². The quantitative estimate of drug-likeness (QED) is 0.489. The second-order valence-corrected chi connectivity index (χ2v) is 7.79. The van der Waals surface area contributed by atoms with Gasteiger partial charge in [-0.25, -0.2) is 4.68 Å². The summed E-state index contributed by atoms with van der Waals surface area (Å²) >= 11 is 0. The van der Waals surface area contributed by atoms with Crippen molar-refractivity contribution in [3.8, 4) is 5.75 Å². The van der Waals surface area contributed by atoms with Crippen molar-refractivity contribution < 1.29 is 30.5 Å². The number of hydrogen-bond acceptors (Lipinski definition) is 5. The van der Waals surface area contributed by atoms with Gasteiger partial charge in [0.2, 0.25) is 0 Å². The van der Waals surface area contributed by atoms with Crippen LogP contribution in [-0.4, -0.2) is 30.3 Å². The normalized spacial score (nSPS) is 18.9. The molecule has 1 aliphatic heterocycles. The van der Waals surface area contributed by atoms with Gasteiger partial charge in [-0.3, -0.25) is 0 Å². The van der Waals surface area contributed by atoms with Crippen molar-refractivity contribution >= 4 is 31.8 Å². The molecule has 0 aliphatic carbocycles. The van der Waals surface area contributed by atoms with Crippen LogP contribution < -0.4 is 4.18 Å². The fourth-order valence-corrected chi connectivity index (χ4v) is 3.70. The molecule has 1 aliphatic rings. The Bertz CT molecular complexity index is 1100. The average molecular weight is 400 g/mol. The second kappa shape index (κ2) is 6.38. The molecule has 0 bridgehead atoms. The Hall–Kier alpha value is -2.33. The molecule has 3 aromatic rings. The van der Waals surface area contributed by atoms with Gasteiger partial charge in [0.1, 0.15) is 0 Å². The van der Waals surface area contributed by atoms with E-state index in [0.717, 1.165) is 12.8 Å². The highest BCUT2D eigenvalue weighted by atomic mass is 32.2. The molecule has 1 atom stereocenters. The third-order valence-electron chi connectivity index (χ3n) is 4.48. The number of benzene rings is 2. The van der Waals surface area contributed by atoms with E-state index in [4.69, 9.17) is 4.74 Å². The number of alkyl halides is 3. The van der Waals surface area contributed by atoms with Crippen LogP contribution in [0.4, 0.5) is 13.2 Å². The number of nitrogens with zero attached hydrogens (tertiary/aromatic N) is 2. The Labute approximate surface area is 152 Å². The minimum absolute atomic E-state index is 0.177. The lowest BCUT2D eigenvalue weighted by molar-refractivity contribution is -0.0499. The third-order valence-corrected chi connectivity index (χ3v) is 5.43. The van der Waals surface area contributed by atoms with Crippen LogP contribution in [0.3, 0.4) is 0 Å². The first kappa shape index (κ1) is 18.1. The van der Waals surface area contributed by atoms with Crippen LogP contribution in [-0.2, 0) is 14.9 Å². The summed E-state index contributed by atoms with van der Waals surface area (Å²) in [5.74, 6) is -0.387. The van der Waals surface area contributed by atoms with Gasteiger partial charge >= 0.3 is 15.6 Å². The summed E-state index contributed by atoms with van der Waals surface area (Å²) in [7, 11) is -5.82. The Morgan fingerprint density at radius 1 is 1.19 bits per heavy atom. The second-order valence-electron chi connectivity index (χ2n) is 6.25. The molecule has 1 fully saturated rings. The van der Waals surface area contributed by atoms with Crippen LogP contribution in [0.25, 0.3) is 21.7 Å². The Morgan fingerprint density at radius 2 is 1.96 bits per heavy atom. The van der Waals surface area contributed by atoms with Crippen molar-refractivity contribution in [2.75, 3.05) is 6.61 Å². The molecule has 1 aromatic heterocycles. The third kappa shape index (κ3) is 3.12. The Balaban J connectivity index is 1.93. The lowest BCUT2D eigenvalue weighted by Crippen LogP contribution is -2.28. The van der Waals surface area contributed by atoms with Gasteiger partial charge in [0.15, 0.2) is 12.0 Å². The number of halogens is 3. The van der Waals surface area contributed by atoms with Gasteiger partial charge in [-0.2, -0.15) is 26.7 Å². The summed E-state index contributed by atoms with van der Waals surface area (Å²) in [5.41, 5.74) is -5.08. The molecule has 0 amide bonds. The van der Waals surface area contributed by atoms with Gasteiger partial charge in [0.05, 0.1) is 17.1 Å². The topological polar surface area (TPSA) is 70.4 Å². The van der Waals surface area contributed by atoms with Crippen LogP contribution in [0.15, 0.2) is 36.5 Å². The molecule has 0 spiro atoms. The van der Waals surface area contributed by atoms with E-state index in [1.165, 1.54) is 12.3 Å². The molecule has 0 saturated carbocycles. The lowest BCUT2D eigenvalue weighted by atomic mass is 10.1. The van der Waals surface area contributed by atoms with Crippen LogP contribution in [0.5, 0.6) is 5.75 Å². The highest BCUT2D eigenvalue weighted by molar-refractivity contribution is 7.88. The first-order chi connectivity index (χ1) is 12.8. The van der Waals surface area contributed by atoms with Crippen LogP contribution in [0, 0.1) is 0 Å². The summed E-state index contributed by atoms with van der Waals surface area (Å²) in [6.07, 6.45) is 3.52. The minimum atomic E-state index is -5.82. The van der Waals surface area contributed by atoms with Gasteiger partial charge in [-0.05, 0) is 30.7 Å². The summed E-state index contributed by atoms with van der Waals surface area (Å²) in [6, 6.07) is 8.21. The molecule has 27 heavy (non-hydrogen) atoms. The van der Waals surface area contributed by atoms with E-state index in [1.807, 2.05) is 0 Å². The number of ether oxygens (including phenoxy) is 1. The largest absolute Gasteiger partial charge is 0.534 e. The number of rotatable bonds is 3. The molecule has 2 heterocycles. The molecule has 1 unspecified atom stereocenters.